The van der Waals surface area contributed by atoms with Gasteiger partial charge in [-0.25, -0.2) is 8.78 Å². The van der Waals surface area contributed by atoms with Crippen LogP contribution in [0.4, 0.5) is 61.5 Å². The molecular weight excluding hydrogens is 710 g/mol. The van der Waals surface area contributed by atoms with E-state index in [1.54, 1.807) is 0 Å². The van der Waals surface area contributed by atoms with Crippen molar-refractivity contribution >= 4 is 5.57 Å². The lowest BCUT2D eigenvalue weighted by molar-refractivity contribution is -0.275. The van der Waals surface area contributed by atoms with Gasteiger partial charge in [-0.05, 0) is 94.0 Å². The zero-order valence-corrected chi connectivity index (χ0v) is 23.8. The number of alkyl halides is 12. The maximum atomic E-state index is 14.4. The van der Waals surface area contributed by atoms with Crippen LogP contribution in [0, 0.1) is 34.3 Å². The van der Waals surface area contributed by atoms with E-state index < -0.39 is 115 Å². The van der Waals surface area contributed by atoms with Crippen LogP contribution in [0.3, 0.4) is 0 Å². The van der Waals surface area contributed by atoms with Crippen LogP contribution in [-0.2, 0) is 12.4 Å². The first-order valence-electron chi connectivity index (χ1n) is 13.2. The van der Waals surface area contributed by atoms with Gasteiger partial charge in [-0.2, -0.15) is 36.9 Å². The molecule has 1 aliphatic carbocycles. The molecule has 4 nitrogen and oxygen atoms in total. The fourth-order valence-electron chi connectivity index (χ4n) is 5.26. The topological polar surface area (TPSA) is 66.0 Å². The lowest BCUT2D eigenvalue weighted by Gasteiger charge is -2.18. The molecule has 50 heavy (non-hydrogen) atoms. The number of fused-ring (bicyclic) bond motifs is 3. The summed E-state index contributed by atoms with van der Waals surface area (Å²) in [6, 6.07) is 6.54. The van der Waals surface area contributed by atoms with Gasteiger partial charge in [0.1, 0.15) is 40.8 Å². The third kappa shape index (κ3) is 7.14. The molecule has 0 spiro atoms. The van der Waals surface area contributed by atoms with Crippen LogP contribution in [0.5, 0.6) is 11.5 Å². The Morgan fingerprint density at radius 3 is 1.12 bits per heavy atom. The van der Waals surface area contributed by atoms with E-state index in [1.807, 2.05) is 0 Å². The predicted octanol–water partition coefficient (Wildman–Crippen LogP) is 11.0. The fourth-order valence-corrected chi connectivity index (χ4v) is 5.26. The van der Waals surface area contributed by atoms with Crippen LogP contribution in [-0.4, -0.2) is 12.7 Å². The van der Waals surface area contributed by atoms with Crippen molar-refractivity contribution < 1.29 is 70.9 Å². The summed E-state index contributed by atoms with van der Waals surface area (Å²) in [7, 11) is 0. The molecule has 0 amide bonds. The second-order valence-electron chi connectivity index (χ2n) is 10.3. The standard InChI is InChI=1S/C32H10F14N2O2/c33-18-3-13(1-16(5-18)29(35,36)37)20-7-22-23-8-21(14-2-17(30(38,39)40)6-19(34)4-14)27(50-32(44,45)46)10-25(23)28(15(11-47)12-48)24(22)9-26(20)49-31(41,42)43/h1-10H. The Kier molecular flexibility index (Phi) is 8.51. The van der Waals surface area contributed by atoms with Crippen LogP contribution in [0.25, 0.3) is 39.0 Å². The van der Waals surface area contributed by atoms with Crippen molar-refractivity contribution in [2.24, 2.45) is 0 Å². The van der Waals surface area contributed by atoms with E-state index in [0.29, 0.717) is 36.4 Å². The first-order chi connectivity index (χ1) is 23.0. The van der Waals surface area contributed by atoms with Gasteiger partial charge < -0.3 is 9.47 Å². The minimum atomic E-state index is -5.56. The SMILES string of the molecule is N#CC(C#N)=C1c2cc(OC(F)(F)F)c(-c3cc(F)cc(C(F)(F)F)c3)cc2-c2cc(-c3cc(F)cc(C(F)(F)F)c3)c(OC(F)(F)F)cc21. The molecule has 0 bridgehead atoms. The summed E-state index contributed by atoms with van der Waals surface area (Å²) >= 11 is 0. The van der Waals surface area contributed by atoms with Gasteiger partial charge in [0, 0.05) is 16.7 Å². The van der Waals surface area contributed by atoms with Gasteiger partial charge in [0.05, 0.1) is 11.1 Å². The lowest BCUT2D eigenvalue weighted by atomic mass is 9.94. The van der Waals surface area contributed by atoms with E-state index in [0.717, 1.165) is 0 Å². The van der Waals surface area contributed by atoms with E-state index >= 15 is 0 Å². The first kappa shape index (κ1) is 35.5. The summed E-state index contributed by atoms with van der Waals surface area (Å²) in [6.07, 6.45) is -21.5. The van der Waals surface area contributed by atoms with Crippen molar-refractivity contribution in [3.8, 4) is 57.0 Å². The molecule has 0 aliphatic heterocycles. The minimum Gasteiger partial charge on any atom is -0.405 e. The van der Waals surface area contributed by atoms with Crippen LogP contribution in [0.1, 0.15) is 22.3 Å². The van der Waals surface area contributed by atoms with Crippen molar-refractivity contribution in [3.05, 3.63) is 100 Å². The maximum absolute atomic E-state index is 14.4. The molecule has 1 aliphatic rings. The zero-order valence-electron chi connectivity index (χ0n) is 23.8. The Morgan fingerprint density at radius 2 is 0.820 bits per heavy atom. The fraction of sp³-hybridized carbons (Fsp3) is 0.125. The van der Waals surface area contributed by atoms with Crippen molar-refractivity contribution in [1.29, 1.82) is 10.5 Å². The van der Waals surface area contributed by atoms with Gasteiger partial charge >= 0.3 is 25.1 Å². The lowest BCUT2D eigenvalue weighted by Crippen LogP contribution is -2.18. The average molecular weight is 720 g/mol. The molecule has 0 aromatic heterocycles. The molecule has 0 saturated carbocycles. The second kappa shape index (κ2) is 12.0. The second-order valence-corrected chi connectivity index (χ2v) is 10.3. The molecule has 0 atom stereocenters. The van der Waals surface area contributed by atoms with E-state index in [2.05, 4.69) is 9.47 Å². The maximum Gasteiger partial charge on any atom is 0.573 e. The number of halogens is 14. The third-order valence-corrected chi connectivity index (χ3v) is 7.07. The van der Waals surface area contributed by atoms with Gasteiger partial charge in [0.15, 0.2) is 0 Å². The van der Waals surface area contributed by atoms with Crippen molar-refractivity contribution in [3.63, 3.8) is 0 Å². The summed E-state index contributed by atoms with van der Waals surface area (Å²) in [5.74, 6) is -5.73. The molecule has 4 aromatic carbocycles. The Morgan fingerprint density at radius 1 is 0.460 bits per heavy atom. The average Bonchev–Trinajstić information content (AvgIpc) is 3.25. The number of hydrogen-bond acceptors (Lipinski definition) is 4. The highest BCUT2D eigenvalue weighted by Gasteiger charge is 2.39. The van der Waals surface area contributed by atoms with Crippen molar-refractivity contribution in [2.75, 3.05) is 0 Å². The van der Waals surface area contributed by atoms with Crippen LogP contribution >= 0.6 is 0 Å². The summed E-state index contributed by atoms with van der Waals surface area (Å²) in [5.41, 5.74) is -10.2. The zero-order chi connectivity index (χ0) is 37.1. The molecule has 0 saturated heterocycles. The van der Waals surface area contributed by atoms with E-state index in [1.165, 1.54) is 12.1 Å². The third-order valence-electron chi connectivity index (χ3n) is 7.07. The molecule has 0 heterocycles. The normalized spacial score (nSPS) is 12.9. The minimum absolute atomic E-state index is 0.0338. The summed E-state index contributed by atoms with van der Waals surface area (Å²) < 4.78 is 199. The number of benzene rings is 4. The van der Waals surface area contributed by atoms with Crippen molar-refractivity contribution in [1.82, 2.24) is 0 Å². The van der Waals surface area contributed by atoms with Crippen LogP contribution < -0.4 is 9.47 Å². The monoisotopic (exact) mass is 720 g/mol. The van der Waals surface area contributed by atoms with Crippen LogP contribution in [0.15, 0.2) is 66.2 Å². The molecule has 18 heteroatoms. The van der Waals surface area contributed by atoms with E-state index in [-0.39, 0.29) is 24.3 Å². The van der Waals surface area contributed by atoms with Gasteiger partial charge in [-0.3, -0.25) is 0 Å². The Hall–Kier alpha value is -5.78. The Balaban J connectivity index is 1.92. The van der Waals surface area contributed by atoms with Crippen molar-refractivity contribution in [2.45, 2.75) is 25.1 Å². The van der Waals surface area contributed by atoms with Gasteiger partial charge in [-0.1, -0.05) is 0 Å². The first-order valence-corrected chi connectivity index (χ1v) is 13.2. The summed E-state index contributed by atoms with van der Waals surface area (Å²) in [6.45, 7) is 0. The molecular formula is C32H10F14N2O2. The van der Waals surface area contributed by atoms with Gasteiger partial charge in [0.25, 0.3) is 0 Å². The van der Waals surface area contributed by atoms with E-state index in [4.69, 9.17) is 0 Å². The molecule has 0 radical (unpaired) electrons. The summed E-state index contributed by atoms with van der Waals surface area (Å²) in [4.78, 5) is 0. The highest BCUT2D eigenvalue weighted by atomic mass is 19.4. The Bertz CT molecular complexity index is 2010. The number of nitrogens with zero attached hydrogens (tertiary/aromatic N) is 2. The highest BCUT2D eigenvalue weighted by molar-refractivity contribution is 6.07. The molecule has 0 N–H and O–H groups in total. The quantitative estimate of drug-likeness (QED) is 0.137. The number of allylic oxidation sites excluding steroid dienone is 1. The predicted molar refractivity (Wildman–Crippen MR) is 143 cm³/mol. The molecule has 5 rings (SSSR count). The highest BCUT2D eigenvalue weighted by Crippen LogP contribution is 2.54. The largest absolute Gasteiger partial charge is 0.573 e. The molecule has 0 fully saturated rings. The van der Waals surface area contributed by atoms with E-state index in [9.17, 15) is 72.0 Å². The summed E-state index contributed by atoms with van der Waals surface area (Å²) in [5, 5.41) is 19.3. The smallest absolute Gasteiger partial charge is 0.405 e. The number of hydrogen-bond donors (Lipinski definition) is 0. The van der Waals surface area contributed by atoms with Gasteiger partial charge in [0.2, 0.25) is 0 Å². The molecule has 4 aromatic rings. The van der Waals surface area contributed by atoms with Crippen LogP contribution in [0.2, 0.25) is 0 Å². The molecule has 0 unspecified atom stereocenters. The Labute approximate surface area is 269 Å². The number of nitriles is 2. The number of ether oxygens (including phenoxy) is 2. The molecule has 258 valence electrons. The number of rotatable bonds is 4. The van der Waals surface area contributed by atoms with Gasteiger partial charge in [-0.15, -0.1) is 26.3 Å².